The van der Waals surface area contributed by atoms with Crippen molar-refractivity contribution in [3.8, 4) is 0 Å². The van der Waals surface area contributed by atoms with Crippen LogP contribution in [0.25, 0.3) is 11.1 Å². The maximum atomic E-state index is 5.94. The number of nitrogens with zero attached hydrogens (tertiary/aromatic N) is 1. The largest absolute Gasteiger partial charge is 0.439 e. The maximum Gasteiger partial charge on any atom is 0.192 e. The van der Waals surface area contributed by atoms with E-state index in [4.69, 9.17) is 16.0 Å². The zero-order chi connectivity index (χ0) is 8.72. The van der Waals surface area contributed by atoms with Gasteiger partial charge in [-0.1, -0.05) is 11.6 Å². The fourth-order valence-corrected chi connectivity index (χ4v) is 1.54. The molecule has 1 aromatic carbocycles. The van der Waals surface area contributed by atoms with Gasteiger partial charge in [-0.3, -0.25) is 0 Å². The summed E-state index contributed by atoms with van der Waals surface area (Å²) in [5.74, 6) is 0.650. The lowest BCUT2D eigenvalue weighted by molar-refractivity contribution is 0.561. The molecule has 0 aliphatic heterocycles. The number of oxazole rings is 1. The Labute approximate surface area is 75.2 Å². The Hall–Kier alpha value is -1.02. The minimum absolute atomic E-state index is 0.630. The van der Waals surface area contributed by atoms with Crippen LogP contribution in [-0.2, 0) is 0 Å². The van der Waals surface area contributed by atoms with Crippen LogP contribution in [0.15, 0.2) is 16.5 Å². The number of rotatable bonds is 0. The smallest absolute Gasteiger partial charge is 0.192 e. The van der Waals surface area contributed by atoms with E-state index in [1.54, 1.807) is 0 Å². The first-order chi connectivity index (χ1) is 5.66. The van der Waals surface area contributed by atoms with Crippen molar-refractivity contribution in [2.45, 2.75) is 13.8 Å². The van der Waals surface area contributed by atoms with Crippen LogP contribution in [0.4, 0.5) is 0 Å². The fraction of sp³-hybridized carbons (Fsp3) is 0.222. The number of halogens is 1. The summed E-state index contributed by atoms with van der Waals surface area (Å²) < 4.78 is 5.31. The zero-order valence-corrected chi connectivity index (χ0v) is 7.64. The summed E-state index contributed by atoms with van der Waals surface area (Å²) in [5.41, 5.74) is 2.61. The van der Waals surface area contributed by atoms with E-state index in [-0.39, 0.29) is 0 Å². The molecule has 0 spiro atoms. The maximum absolute atomic E-state index is 5.94. The molecule has 2 aromatic rings. The van der Waals surface area contributed by atoms with E-state index < -0.39 is 0 Å². The molecule has 0 unspecified atom stereocenters. The molecule has 0 amide bonds. The highest BCUT2D eigenvalue weighted by Gasteiger charge is 2.06. The van der Waals surface area contributed by atoms with Gasteiger partial charge in [-0.25, -0.2) is 4.98 Å². The van der Waals surface area contributed by atoms with Crippen LogP contribution in [-0.4, -0.2) is 4.98 Å². The van der Waals surface area contributed by atoms with Gasteiger partial charge in [0.1, 0.15) is 5.52 Å². The van der Waals surface area contributed by atoms with Crippen molar-refractivity contribution < 1.29 is 4.42 Å². The second kappa shape index (κ2) is 2.49. The van der Waals surface area contributed by atoms with Crippen molar-refractivity contribution in [3.05, 3.63) is 28.6 Å². The Morgan fingerprint density at radius 2 is 2.08 bits per heavy atom. The van der Waals surface area contributed by atoms with Gasteiger partial charge in [0.15, 0.2) is 11.5 Å². The Balaban J connectivity index is 2.88. The predicted octanol–water partition coefficient (Wildman–Crippen LogP) is 3.10. The van der Waals surface area contributed by atoms with Crippen LogP contribution < -0.4 is 0 Å². The van der Waals surface area contributed by atoms with Gasteiger partial charge in [0.05, 0.1) is 5.02 Å². The van der Waals surface area contributed by atoms with Gasteiger partial charge < -0.3 is 4.42 Å². The average molecular weight is 182 g/mol. The molecule has 3 heteroatoms. The van der Waals surface area contributed by atoms with Gasteiger partial charge in [-0.2, -0.15) is 0 Å². The summed E-state index contributed by atoms with van der Waals surface area (Å²) in [6.07, 6.45) is 0. The lowest BCUT2D eigenvalue weighted by Gasteiger charge is -1.92. The van der Waals surface area contributed by atoms with Gasteiger partial charge in [0.25, 0.3) is 0 Å². The normalized spacial score (nSPS) is 10.9. The van der Waals surface area contributed by atoms with Crippen molar-refractivity contribution >= 4 is 22.7 Å². The van der Waals surface area contributed by atoms with E-state index in [9.17, 15) is 0 Å². The molecule has 0 radical (unpaired) electrons. The quantitative estimate of drug-likeness (QED) is 0.624. The van der Waals surface area contributed by atoms with Crippen LogP contribution in [0.2, 0.25) is 5.02 Å². The minimum atomic E-state index is 0.630. The summed E-state index contributed by atoms with van der Waals surface area (Å²) in [4.78, 5) is 4.18. The highest BCUT2D eigenvalue weighted by molar-refractivity contribution is 6.34. The van der Waals surface area contributed by atoms with Gasteiger partial charge >= 0.3 is 0 Å². The molecule has 1 aromatic heterocycles. The topological polar surface area (TPSA) is 26.0 Å². The molecule has 0 atom stereocenters. The molecule has 0 aliphatic carbocycles. The first-order valence-corrected chi connectivity index (χ1v) is 4.08. The standard InChI is InChI=1S/C9H8ClNO/c1-5-3-7(10)9-8(4-5)11-6(2)12-9/h3-4H,1-2H3. The molecule has 0 bridgehead atoms. The van der Waals surface area contributed by atoms with Crippen molar-refractivity contribution in [1.82, 2.24) is 4.98 Å². The molecule has 0 saturated heterocycles. The monoisotopic (exact) mass is 181 g/mol. The van der Waals surface area contributed by atoms with Crippen molar-refractivity contribution in [3.63, 3.8) is 0 Å². The summed E-state index contributed by atoms with van der Waals surface area (Å²) in [5, 5.41) is 0.630. The summed E-state index contributed by atoms with van der Waals surface area (Å²) in [6.45, 7) is 3.79. The molecule has 0 saturated carbocycles. The van der Waals surface area contributed by atoms with Crippen molar-refractivity contribution in [2.75, 3.05) is 0 Å². The lowest BCUT2D eigenvalue weighted by atomic mass is 10.2. The van der Waals surface area contributed by atoms with Gasteiger partial charge in [-0.15, -0.1) is 0 Å². The third-order valence-corrected chi connectivity index (χ3v) is 1.98. The van der Waals surface area contributed by atoms with Gasteiger partial charge in [0, 0.05) is 6.92 Å². The van der Waals surface area contributed by atoms with Crippen LogP contribution in [0, 0.1) is 13.8 Å². The highest BCUT2D eigenvalue weighted by Crippen LogP contribution is 2.25. The Kier molecular flexibility index (Phi) is 1.58. The molecular weight excluding hydrogens is 174 g/mol. The van der Waals surface area contributed by atoms with Crippen LogP contribution in [0.3, 0.4) is 0 Å². The van der Waals surface area contributed by atoms with E-state index in [1.165, 1.54) is 0 Å². The number of fused-ring (bicyclic) bond motifs is 1. The zero-order valence-electron chi connectivity index (χ0n) is 6.89. The molecule has 12 heavy (non-hydrogen) atoms. The first-order valence-electron chi connectivity index (χ1n) is 3.70. The highest BCUT2D eigenvalue weighted by atomic mass is 35.5. The number of aromatic nitrogens is 1. The number of hydrogen-bond acceptors (Lipinski definition) is 2. The Morgan fingerprint density at radius 3 is 2.83 bits per heavy atom. The number of aryl methyl sites for hydroxylation is 2. The second-order valence-electron chi connectivity index (χ2n) is 2.83. The average Bonchev–Trinajstić information content (AvgIpc) is 2.29. The Bertz CT molecular complexity index is 433. The van der Waals surface area contributed by atoms with Crippen LogP contribution >= 0.6 is 11.6 Å². The van der Waals surface area contributed by atoms with Gasteiger partial charge in [0.2, 0.25) is 0 Å². The summed E-state index contributed by atoms with van der Waals surface area (Å²) in [6, 6.07) is 3.83. The second-order valence-corrected chi connectivity index (χ2v) is 3.24. The molecular formula is C9H8ClNO. The van der Waals surface area contributed by atoms with Crippen LogP contribution in [0.5, 0.6) is 0 Å². The lowest BCUT2D eigenvalue weighted by Crippen LogP contribution is -1.74. The third-order valence-electron chi connectivity index (χ3n) is 1.70. The number of benzene rings is 1. The van der Waals surface area contributed by atoms with E-state index in [0.717, 1.165) is 11.1 Å². The van der Waals surface area contributed by atoms with Crippen molar-refractivity contribution in [1.29, 1.82) is 0 Å². The molecule has 0 N–H and O–H groups in total. The first kappa shape index (κ1) is 7.62. The molecule has 62 valence electrons. The van der Waals surface area contributed by atoms with Crippen LogP contribution in [0.1, 0.15) is 11.5 Å². The molecule has 2 rings (SSSR count). The summed E-state index contributed by atoms with van der Waals surface area (Å²) >= 11 is 5.94. The van der Waals surface area contributed by atoms with E-state index in [0.29, 0.717) is 16.5 Å². The van der Waals surface area contributed by atoms with Crippen molar-refractivity contribution in [2.24, 2.45) is 0 Å². The summed E-state index contributed by atoms with van der Waals surface area (Å²) in [7, 11) is 0. The van der Waals surface area contributed by atoms with E-state index >= 15 is 0 Å². The SMILES string of the molecule is Cc1cc(Cl)c2oc(C)nc2c1. The molecule has 0 aliphatic rings. The Morgan fingerprint density at radius 1 is 1.33 bits per heavy atom. The third kappa shape index (κ3) is 1.08. The fourth-order valence-electron chi connectivity index (χ4n) is 1.23. The van der Waals surface area contributed by atoms with E-state index in [2.05, 4.69) is 4.98 Å². The number of hydrogen-bond donors (Lipinski definition) is 0. The minimum Gasteiger partial charge on any atom is -0.439 e. The predicted molar refractivity (Wildman–Crippen MR) is 48.5 cm³/mol. The van der Waals surface area contributed by atoms with E-state index in [1.807, 2.05) is 26.0 Å². The molecule has 0 fully saturated rings. The van der Waals surface area contributed by atoms with Gasteiger partial charge in [-0.05, 0) is 24.6 Å². The molecule has 2 nitrogen and oxygen atoms in total. The molecule has 1 heterocycles.